The number of aromatic amines is 1. The summed E-state index contributed by atoms with van der Waals surface area (Å²) in [5.74, 6) is 0.184. The molecule has 1 aliphatic heterocycles. The second-order valence-corrected chi connectivity index (χ2v) is 6.45. The molecule has 0 unspecified atom stereocenters. The highest BCUT2D eigenvalue weighted by Crippen LogP contribution is 2.34. The van der Waals surface area contributed by atoms with E-state index in [4.69, 9.17) is 9.47 Å². The Kier molecular flexibility index (Phi) is 4.79. The molecule has 3 aromatic rings. The maximum atomic E-state index is 13.1. The minimum absolute atomic E-state index is 0.110. The van der Waals surface area contributed by atoms with Crippen LogP contribution in [0, 0.1) is 0 Å². The molecule has 1 atom stereocenters. The van der Waals surface area contributed by atoms with Crippen molar-refractivity contribution in [2.24, 2.45) is 0 Å². The fourth-order valence-corrected chi connectivity index (χ4v) is 2.86. The number of nitrogens with zero attached hydrogens (tertiary/aromatic N) is 5. The van der Waals surface area contributed by atoms with E-state index in [0.29, 0.717) is 24.7 Å². The van der Waals surface area contributed by atoms with Gasteiger partial charge in [-0.05, 0) is 19.8 Å². The number of hydrogen-bond donors (Lipinski definition) is 2. The summed E-state index contributed by atoms with van der Waals surface area (Å²) >= 11 is 0. The first-order valence-electron chi connectivity index (χ1n) is 8.74. The molecule has 2 N–H and O–H groups in total. The summed E-state index contributed by atoms with van der Waals surface area (Å²) in [6.45, 7) is 2.20. The van der Waals surface area contributed by atoms with Gasteiger partial charge < -0.3 is 14.8 Å². The van der Waals surface area contributed by atoms with E-state index in [-0.39, 0.29) is 23.1 Å². The van der Waals surface area contributed by atoms with Crippen molar-refractivity contribution >= 4 is 11.6 Å². The first-order valence-corrected chi connectivity index (χ1v) is 8.74. The molecule has 28 heavy (non-hydrogen) atoms. The fourth-order valence-electron chi connectivity index (χ4n) is 2.86. The van der Waals surface area contributed by atoms with Crippen LogP contribution in [0.1, 0.15) is 19.8 Å². The molecule has 1 saturated heterocycles. The molecule has 0 saturated carbocycles. The monoisotopic (exact) mass is 397 g/mol. The lowest BCUT2D eigenvalue weighted by Gasteiger charge is -2.22. The molecule has 12 heteroatoms. The van der Waals surface area contributed by atoms with Gasteiger partial charge in [-0.2, -0.15) is 27.8 Å². The molecule has 4 rings (SSSR count). The molecule has 1 fully saturated rings. The molecule has 9 nitrogen and oxygen atoms in total. The molecule has 150 valence electrons. The van der Waals surface area contributed by atoms with E-state index < -0.39 is 12.3 Å². The molecular formula is C16H18F3N7O2. The number of fused-ring (bicyclic) bond motifs is 1. The van der Waals surface area contributed by atoms with E-state index in [1.165, 1.54) is 23.2 Å². The maximum absolute atomic E-state index is 13.1. The highest BCUT2D eigenvalue weighted by Gasteiger charge is 2.39. The highest BCUT2D eigenvalue weighted by atomic mass is 19.4. The van der Waals surface area contributed by atoms with Crippen LogP contribution in [-0.2, 0) is 4.74 Å². The summed E-state index contributed by atoms with van der Waals surface area (Å²) in [5.41, 5.74) is 0.813. The molecule has 0 radical (unpaired) electrons. The number of aromatic nitrogens is 6. The molecule has 0 spiro atoms. The van der Waals surface area contributed by atoms with Gasteiger partial charge in [-0.25, -0.2) is 4.98 Å². The number of alkyl halides is 3. The van der Waals surface area contributed by atoms with Gasteiger partial charge in [-0.3, -0.25) is 5.10 Å². The van der Waals surface area contributed by atoms with Crippen LogP contribution >= 0.6 is 0 Å². The third kappa shape index (κ3) is 3.72. The Bertz CT molecular complexity index is 936. The Morgan fingerprint density at radius 3 is 2.82 bits per heavy atom. The van der Waals surface area contributed by atoms with Crippen LogP contribution in [0.2, 0.25) is 0 Å². The summed E-state index contributed by atoms with van der Waals surface area (Å²) < 4.78 is 51.1. The molecule has 0 amide bonds. The number of rotatable bonds is 5. The van der Waals surface area contributed by atoms with Gasteiger partial charge in [-0.15, -0.1) is 5.10 Å². The smallest absolute Gasteiger partial charge is 0.425 e. The number of nitrogens with one attached hydrogen (secondary N) is 2. The lowest BCUT2D eigenvalue weighted by Crippen LogP contribution is -2.31. The van der Waals surface area contributed by atoms with Crippen molar-refractivity contribution in [2.75, 3.05) is 18.5 Å². The van der Waals surface area contributed by atoms with Crippen LogP contribution in [0.4, 0.5) is 19.1 Å². The summed E-state index contributed by atoms with van der Waals surface area (Å²) in [4.78, 5) is 8.55. The van der Waals surface area contributed by atoms with E-state index in [1.807, 2.05) is 0 Å². The van der Waals surface area contributed by atoms with Gasteiger partial charge in [-0.1, -0.05) is 0 Å². The van der Waals surface area contributed by atoms with Crippen molar-refractivity contribution in [3.8, 4) is 17.0 Å². The fraction of sp³-hybridized carbons (Fsp3) is 0.500. The summed E-state index contributed by atoms with van der Waals surface area (Å²) in [7, 11) is 0. The molecule has 4 heterocycles. The first kappa shape index (κ1) is 18.5. The lowest BCUT2D eigenvalue weighted by molar-refractivity contribution is -0.189. The molecular weight excluding hydrogens is 379 g/mol. The van der Waals surface area contributed by atoms with E-state index in [0.717, 1.165) is 19.8 Å². The number of hydrogen-bond acceptors (Lipinski definition) is 7. The maximum Gasteiger partial charge on any atom is 0.425 e. The Labute approximate surface area is 157 Å². The predicted molar refractivity (Wildman–Crippen MR) is 92.0 cm³/mol. The number of ether oxygens (including phenoxy) is 2. The van der Waals surface area contributed by atoms with Gasteiger partial charge in [0.15, 0.2) is 11.9 Å². The first-order chi connectivity index (χ1) is 13.4. The van der Waals surface area contributed by atoms with E-state index in [2.05, 4.69) is 30.6 Å². The standard InChI is InChI=1S/C16H18F3N7O2/c1-9(16(17,18)19)28-13-12(10-6-21-22-7-10)20-8-26-14(13)24-15(25-26)23-11-2-4-27-5-3-11/h6-9,11H,2-5H2,1H3,(H,21,22)(H,23,25)/t9-/m0/s1. The summed E-state index contributed by atoms with van der Waals surface area (Å²) in [5, 5.41) is 13.9. The van der Waals surface area contributed by atoms with Gasteiger partial charge in [0.1, 0.15) is 12.0 Å². The molecule has 0 aromatic carbocycles. The topological polar surface area (TPSA) is 102 Å². The zero-order valence-electron chi connectivity index (χ0n) is 14.9. The normalized spacial score (nSPS) is 17.0. The molecule has 0 bridgehead atoms. The van der Waals surface area contributed by atoms with E-state index in [1.54, 1.807) is 0 Å². The van der Waals surface area contributed by atoms with Crippen molar-refractivity contribution in [1.29, 1.82) is 0 Å². The van der Waals surface area contributed by atoms with Crippen molar-refractivity contribution in [3.05, 3.63) is 18.7 Å². The van der Waals surface area contributed by atoms with Crippen LogP contribution < -0.4 is 10.1 Å². The predicted octanol–water partition coefficient (Wildman–Crippen LogP) is 2.43. The van der Waals surface area contributed by atoms with Crippen molar-refractivity contribution < 1.29 is 22.6 Å². The number of H-pyrrole nitrogens is 1. The van der Waals surface area contributed by atoms with Gasteiger partial charge in [0, 0.05) is 31.0 Å². The average molecular weight is 397 g/mol. The van der Waals surface area contributed by atoms with Crippen LogP contribution in [0.5, 0.6) is 5.75 Å². The largest absolute Gasteiger partial charge is 0.475 e. The Hall–Kier alpha value is -2.89. The molecule has 3 aromatic heterocycles. The highest BCUT2D eigenvalue weighted by molar-refractivity contribution is 5.73. The zero-order chi connectivity index (χ0) is 19.7. The Morgan fingerprint density at radius 1 is 1.36 bits per heavy atom. The van der Waals surface area contributed by atoms with Crippen LogP contribution in [0.25, 0.3) is 16.9 Å². The van der Waals surface area contributed by atoms with Crippen LogP contribution in [-0.4, -0.2) is 61.3 Å². The molecule has 0 aliphatic carbocycles. The Morgan fingerprint density at radius 2 is 2.14 bits per heavy atom. The van der Waals surface area contributed by atoms with Crippen LogP contribution in [0.15, 0.2) is 18.7 Å². The van der Waals surface area contributed by atoms with Crippen molar-refractivity contribution in [2.45, 2.75) is 38.1 Å². The second kappa shape index (κ2) is 7.26. The van der Waals surface area contributed by atoms with E-state index >= 15 is 0 Å². The summed E-state index contributed by atoms with van der Waals surface area (Å²) in [6.07, 6.45) is -0.655. The van der Waals surface area contributed by atoms with Crippen molar-refractivity contribution in [3.63, 3.8) is 0 Å². The third-order valence-corrected chi connectivity index (χ3v) is 4.43. The lowest BCUT2D eigenvalue weighted by atomic mass is 10.1. The third-order valence-electron chi connectivity index (χ3n) is 4.43. The van der Waals surface area contributed by atoms with Gasteiger partial charge in [0.2, 0.25) is 11.6 Å². The van der Waals surface area contributed by atoms with Gasteiger partial charge >= 0.3 is 6.18 Å². The Balaban J connectivity index is 1.73. The van der Waals surface area contributed by atoms with Crippen molar-refractivity contribution in [1.82, 2.24) is 29.8 Å². The van der Waals surface area contributed by atoms with E-state index in [9.17, 15) is 13.2 Å². The minimum Gasteiger partial charge on any atom is -0.475 e. The second-order valence-electron chi connectivity index (χ2n) is 6.45. The molecule has 1 aliphatic rings. The zero-order valence-corrected chi connectivity index (χ0v) is 14.9. The SMILES string of the molecule is C[C@H](Oc1c(-c2cn[nH]c2)ncn2nc(NC3CCOCC3)nc12)C(F)(F)F. The summed E-state index contributed by atoms with van der Waals surface area (Å²) in [6, 6.07) is 0.130. The number of anilines is 1. The quantitative estimate of drug-likeness (QED) is 0.682. The van der Waals surface area contributed by atoms with Gasteiger partial charge in [0.05, 0.1) is 6.20 Å². The van der Waals surface area contributed by atoms with Crippen LogP contribution in [0.3, 0.4) is 0 Å². The van der Waals surface area contributed by atoms with Gasteiger partial charge in [0.25, 0.3) is 0 Å². The average Bonchev–Trinajstić information content (AvgIpc) is 3.31. The minimum atomic E-state index is -4.54. The number of halogens is 3.